The van der Waals surface area contributed by atoms with E-state index in [9.17, 15) is 0 Å². The molecule has 3 heteroatoms. The molecule has 0 heterocycles. The molecule has 2 aliphatic rings. The van der Waals surface area contributed by atoms with Gasteiger partial charge in [-0.3, -0.25) is 0 Å². The van der Waals surface area contributed by atoms with E-state index in [1.165, 1.54) is 18.7 Å². The molecule has 0 atom stereocenters. The second-order valence-electron chi connectivity index (χ2n) is 4.38. The first kappa shape index (κ1) is 13.7. The molecule has 0 saturated carbocycles. The van der Waals surface area contributed by atoms with E-state index in [4.69, 9.17) is 18.4 Å². The molecular weight excluding hydrogens is 420 g/mol. The van der Waals surface area contributed by atoms with Crippen LogP contribution in [-0.2, 0) is 15.0 Å². The summed E-state index contributed by atoms with van der Waals surface area (Å²) < 4.78 is 2.78. The molecule has 2 aliphatic carbocycles. The zero-order chi connectivity index (χ0) is 12.5. The monoisotopic (exact) mass is 437 g/mol. The molecule has 2 rings (SSSR count). The molecule has 0 amide bonds. The van der Waals surface area contributed by atoms with Gasteiger partial charge in [-0.1, -0.05) is 0 Å². The van der Waals surface area contributed by atoms with Gasteiger partial charge in [0.25, 0.3) is 0 Å². The Morgan fingerprint density at radius 3 is 1.71 bits per heavy atom. The van der Waals surface area contributed by atoms with Crippen molar-refractivity contribution in [1.82, 2.24) is 0 Å². The van der Waals surface area contributed by atoms with Crippen molar-refractivity contribution in [2.45, 2.75) is 39.5 Å². The maximum atomic E-state index is 6.88. The first-order valence-corrected chi connectivity index (χ1v) is 17.4. The van der Waals surface area contributed by atoms with Gasteiger partial charge in [0, 0.05) is 0 Å². The van der Waals surface area contributed by atoms with Crippen molar-refractivity contribution in [2.24, 2.45) is 0 Å². The van der Waals surface area contributed by atoms with E-state index in [0.29, 0.717) is 0 Å². The van der Waals surface area contributed by atoms with Crippen LogP contribution in [0.3, 0.4) is 0 Å². The van der Waals surface area contributed by atoms with Gasteiger partial charge in [0.15, 0.2) is 0 Å². The molecule has 0 spiro atoms. The van der Waals surface area contributed by atoms with Gasteiger partial charge in [0.2, 0.25) is 0 Å². The fourth-order valence-corrected chi connectivity index (χ4v) is 16.1. The molecule has 0 radical (unpaired) electrons. The van der Waals surface area contributed by atoms with E-state index in [1.54, 1.807) is 0 Å². The molecule has 17 heavy (non-hydrogen) atoms. The van der Waals surface area contributed by atoms with Crippen LogP contribution in [0.4, 0.5) is 0 Å². The minimum absolute atomic E-state index is 0.981. The molecule has 0 aliphatic heterocycles. The van der Waals surface area contributed by atoms with E-state index in [-0.39, 0.29) is 0 Å². The van der Waals surface area contributed by atoms with Gasteiger partial charge in [-0.15, -0.1) is 0 Å². The summed E-state index contributed by atoms with van der Waals surface area (Å²) in [5.41, 5.74) is 2.78. The molecule has 93 valence electrons. The van der Waals surface area contributed by atoms with Crippen molar-refractivity contribution in [3.05, 3.63) is 43.0 Å². The zero-order valence-electron chi connectivity index (χ0n) is 10.3. The van der Waals surface area contributed by atoms with E-state index >= 15 is 0 Å². The Morgan fingerprint density at radius 2 is 1.35 bits per heavy atom. The molecule has 0 saturated heterocycles. The molecule has 0 N–H and O–H groups in total. The van der Waals surface area contributed by atoms with Crippen LogP contribution in [0.25, 0.3) is 0 Å². The fraction of sp³-hybridized carbons (Fsp3) is 0.429. The Morgan fingerprint density at radius 1 is 0.941 bits per heavy atom. The van der Waals surface area contributed by atoms with Crippen LogP contribution >= 0.6 is 18.4 Å². The fourth-order valence-electron chi connectivity index (χ4n) is 2.48. The minimum atomic E-state index is -3.31. The van der Waals surface area contributed by atoms with E-state index in [1.807, 2.05) is 0 Å². The van der Waals surface area contributed by atoms with Gasteiger partial charge in [-0.25, -0.2) is 0 Å². The van der Waals surface area contributed by atoms with Crippen molar-refractivity contribution in [2.75, 3.05) is 0 Å². The van der Waals surface area contributed by atoms with Crippen LogP contribution < -0.4 is 0 Å². The summed E-state index contributed by atoms with van der Waals surface area (Å²) >= 11 is -3.31. The van der Waals surface area contributed by atoms with Crippen LogP contribution in [0.2, 0.25) is 0 Å². The van der Waals surface area contributed by atoms with Crippen LogP contribution in [0.5, 0.6) is 0 Å². The van der Waals surface area contributed by atoms with Crippen LogP contribution in [0, 0.1) is 0 Å². The standard InChI is InChI=1S/2C7H9.2ClH.Ta/c2*1-2-7-5-3-4-6-7;;;/h2*3,5H,2,4H2,1H3;2*1H;/q;;;;+2/p-2. The summed E-state index contributed by atoms with van der Waals surface area (Å²) in [6.07, 6.45) is 12.9. The summed E-state index contributed by atoms with van der Waals surface area (Å²) in [5, 5.41) is 0. The summed E-state index contributed by atoms with van der Waals surface area (Å²) in [4.78, 5) is 0. The van der Waals surface area contributed by atoms with Gasteiger partial charge in [0.05, 0.1) is 0 Å². The van der Waals surface area contributed by atoms with Crippen molar-refractivity contribution in [3.63, 3.8) is 0 Å². The normalized spacial score (nSPS) is 20.0. The molecule has 0 aromatic rings. The van der Waals surface area contributed by atoms with Crippen LogP contribution in [-0.4, -0.2) is 0 Å². The number of hydrogen-bond donors (Lipinski definition) is 0. The average Bonchev–Trinajstić information content (AvgIpc) is 2.97. The van der Waals surface area contributed by atoms with Crippen molar-refractivity contribution >= 4 is 18.4 Å². The van der Waals surface area contributed by atoms with E-state index < -0.39 is 15.0 Å². The second kappa shape index (κ2) is 5.50. The molecule has 0 aromatic heterocycles. The Kier molecular flexibility index (Phi) is 4.44. The number of halogens is 2. The van der Waals surface area contributed by atoms with Crippen molar-refractivity contribution in [1.29, 1.82) is 0 Å². The molecule has 0 fully saturated rings. The quantitative estimate of drug-likeness (QED) is 0.529. The predicted molar refractivity (Wildman–Crippen MR) is 73.9 cm³/mol. The SMILES string of the molecule is CCC1=[C]([Ta]([Cl])([Cl])[C]2=C(CC)C=CC2)CC=C1. The maximum absolute atomic E-state index is 6.88. The topological polar surface area (TPSA) is 0 Å². The van der Waals surface area contributed by atoms with Gasteiger partial charge in [-0.2, -0.15) is 0 Å². The van der Waals surface area contributed by atoms with Gasteiger partial charge in [0.1, 0.15) is 0 Å². The number of rotatable bonds is 4. The predicted octanol–water partition coefficient (Wildman–Crippen LogP) is 5.70. The third-order valence-corrected chi connectivity index (χ3v) is 18.4. The molecular formula is C14H18Cl2Ta. The second-order valence-corrected chi connectivity index (χ2v) is 21.7. The van der Waals surface area contributed by atoms with Crippen molar-refractivity contribution in [3.8, 4) is 0 Å². The number of hydrogen-bond acceptors (Lipinski definition) is 0. The van der Waals surface area contributed by atoms with E-state index in [0.717, 1.165) is 25.7 Å². The first-order valence-electron chi connectivity index (χ1n) is 6.17. The van der Waals surface area contributed by atoms with Crippen molar-refractivity contribution < 1.29 is 15.0 Å². The Hall–Kier alpha value is 0.280. The molecule has 0 unspecified atom stereocenters. The first-order chi connectivity index (χ1) is 8.11. The Labute approximate surface area is 115 Å². The Balaban J connectivity index is 2.38. The summed E-state index contributed by atoms with van der Waals surface area (Å²) in [5.74, 6) is 0. The third-order valence-electron chi connectivity index (χ3n) is 3.44. The molecule has 0 nitrogen and oxygen atoms in total. The van der Waals surface area contributed by atoms with Crippen LogP contribution in [0.15, 0.2) is 43.0 Å². The third kappa shape index (κ3) is 2.52. The average molecular weight is 438 g/mol. The molecule has 0 aromatic carbocycles. The van der Waals surface area contributed by atoms with Crippen LogP contribution in [0.1, 0.15) is 39.5 Å². The van der Waals surface area contributed by atoms with Gasteiger partial charge >= 0.3 is 116 Å². The summed E-state index contributed by atoms with van der Waals surface area (Å²) in [6, 6.07) is 0. The Bertz CT molecular complexity index is 399. The molecule has 0 bridgehead atoms. The summed E-state index contributed by atoms with van der Waals surface area (Å²) in [6.45, 7) is 4.37. The van der Waals surface area contributed by atoms with Gasteiger partial charge in [-0.05, 0) is 0 Å². The van der Waals surface area contributed by atoms with E-state index in [2.05, 4.69) is 38.2 Å². The van der Waals surface area contributed by atoms with Gasteiger partial charge < -0.3 is 0 Å². The zero-order valence-corrected chi connectivity index (χ0v) is 15.1. The number of allylic oxidation sites excluding steroid dienone is 8. The summed E-state index contributed by atoms with van der Waals surface area (Å²) in [7, 11) is 13.8.